The van der Waals surface area contributed by atoms with Gasteiger partial charge in [-0.3, -0.25) is 9.59 Å². The normalized spacial score (nSPS) is 19.5. The van der Waals surface area contributed by atoms with Crippen molar-refractivity contribution in [2.75, 3.05) is 51.7 Å². The van der Waals surface area contributed by atoms with Gasteiger partial charge in [-0.15, -0.1) is 0 Å². The predicted octanol–water partition coefficient (Wildman–Crippen LogP) is 1.38. The van der Waals surface area contributed by atoms with Crippen LogP contribution in [0.25, 0.3) is 0 Å². The highest BCUT2D eigenvalue weighted by Crippen LogP contribution is 2.35. The quantitative estimate of drug-likeness (QED) is 0.646. The van der Waals surface area contributed by atoms with Crippen LogP contribution < -0.4 is 5.32 Å². The minimum atomic E-state index is -3.42. The van der Waals surface area contributed by atoms with Crippen molar-refractivity contribution >= 4 is 21.8 Å². The Kier molecular flexibility index (Phi) is 7.84. The van der Waals surface area contributed by atoms with Crippen molar-refractivity contribution in [1.82, 2.24) is 14.5 Å². The van der Waals surface area contributed by atoms with E-state index in [0.717, 1.165) is 18.2 Å². The number of halogens is 2. The summed E-state index contributed by atoms with van der Waals surface area (Å²) in [5.74, 6) is -3.10. The van der Waals surface area contributed by atoms with Crippen LogP contribution in [0.15, 0.2) is 18.2 Å². The molecule has 0 saturated carbocycles. The second kappa shape index (κ2) is 10.2. The molecule has 2 heterocycles. The number of piperidine rings is 1. The molecule has 2 saturated heterocycles. The third kappa shape index (κ3) is 5.26. The maximum absolute atomic E-state index is 14.0. The lowest BCUT2D eigenvalue weighted by atomic mass is 9.77. The van der Waals surface area contributed by atoms with Crippen LogP contribution in [0.5, 0.6) is 0 Å². The predicted molar refractivity (Wildman–Crippen MR) is 113 cm³/mol. The SMILES string of the molecule is CCCS(=O)(=O)N1CCC(CNC(=O)c2c(F)cccc2F)(C(=O)N2CCOCC2)CC1. The van der Waals surface area contributed by atoms with Gasteiger partial charge in [0, 0.05) is 32.7 Å². The summed E-state index contributed by atoms with van der Waals surface area (Å²) in [6.45, 7) is 3.51. The van der Waals surface area contributed by atoms with E-state index in [1.165, 1.54) is 4.31 Å². The molecule has 2 aliphatic rings. The molecule has 0 bridgehead atoms. The van der Waals surface area contributed by atoms with Crippen molar-refractivity contribution in [3.63, 3.8) is 0 Å². The molecule has 2 amide bonds. The van der Waals surface area contributed by atoms with E-state index < -0.39 is 38.5 Å². The van der Waals surface area contributed by atoms with E-state index in [-0.39, 0.29) is 44.1 Å². The minimum Gasteiger partial charge on any atom is -0.378 e. The van der Waals surface area contributed by atoms with E-state index in [4.69, 9.17) is 4.74 Å². The van der Waals surface area contributed by atoms with E-state index in [9.17, 15) is 26.8 Å². The Labute approximate surface area is 186 Å². The number of rotatable bonds is 7. The molecule has 2 fully saturated rings. The van der Waals surface area contributed by atoms with Gasteiger partial charge in [0.25, 0.3) is 5.91 Å². The number of carbonyl (C=O) groups is 2. The molecule has 1 aromatic carbocycles. The number of nitrogens with one attached hydrogen (secondary N) is 1. The van der Waals surface area contributed by atoms with Gasteiger partial charge in [0.15, 0.2) is 0 Å². The van der Waals surface area contributed by atoms with Gasteiger partial charge in [-0.05, 0) is 31.4 Å². The van der Waals surface area contributed by atoms with Crippen LogP contribution in [0, 0.1) is 17.0 Å². The number of carbonyl (C=O) groups excluding carboxylic acids is 2. The number of ether oxygens (including phenoxy) is 1. The fourth-order valence-electron chi connectivity index (χ4n) is 4.20. The second-order valence-electron chi connectivity index (χ2n) is 8.18. The molecule has 0 spiro atoms. The van der Waals surface area contributed by atoms with Crippen molar-refractivity contribution in [2.45, 2.75) is 26.2 Å². The topological polar surface area (TPSA) is 96.0 Å². The van der Waals surface area contributed by atoms with Gasteiger partial charge in [0.1, 0.15) is 17.2 Å². The maximum Gasteiger partial charge on any atom is 0.257 e. The zero-order chi connectivity index (χ0) is 23.4. The highest BCUT2D eigenvalue weighted by molar-refractivity contribution is 7.89. The number of hydrogen-bond donors (Lipinski definition) is 1. The van der Waals surface area contributed by atoms with Crippen molar-refractivity contribution < 1.29 is 31.5 Å². The van der Waals surface area contributed by atoms with Gasteiger partial charge in [-0.2, -0.15) is 0 Å². The summed E-state index contributed by atoms with van der Waals surface area (Å²) in [6.07, 6.45) is 0.888. The minimum absolute atomic E-state index is 0.0285. The van der Waals surface area contributed by atoms with Gasteiger partial charge in [0.05, 0.1) is 24.4 Å². The van der Waals surface area contributed by atoms with E-state index >= 15 is 0 Å². The molecule has 1 aromatic rings. The van der Waals surface area contributed by atoms with Crippen LogP contribution in [0.3, 0.4) is 0 Å². The smallest absolute Gasteiger partial charge is 0.257 e. The summed E-state index contributed by atoms with van der Waals surface area (Å²) in [5, 5.41) is 2.52. The van der Waals surface area contributed by atoms with Gasteiger partial charge < -0.3 is 15.0 Å². The van der Waals surface area contributed by atoms with Crippen molar-refractivity contribution in [3.8, 4) is 0 Å². The molecule has 0 unspecified atom stereocenters. The van der Waals surface area contributed by atoms with Crippen molar-refractivity contribution in [3.05, 3.63) is 35.4 Å². The lowest BCUT2D eigenvalue weighted by Crippen LogP contribution is -2.57. The molecule has 0 aliphatic carbocycles. The number of amides is 2. The van der Waals surface area contributed by atoms with E-state index in [1.54, 1.807) is 11.8 Å². The highest BCUT2D eigenvalue weighted by Gasteiger charge is 2.46. The van der Waals surface area contributed by atoms with E-state index in [0.29, 0.717) is 32.7 Å². The van der Waals surface area contributed by atoms with Crippen LogP contribution >= 0.6 is 0 Å². The van der Waals surface area contributed by atoms with Crippen LogP contribution in [0.2, 0.25) is 0 Å². The molecule has 178 valence electrons. The molecule has 3 rings (SSSR count). The molecule has 11 heteroatoms. The van der Waals surface area contributed by atoms with Gasteiger partial charge in [-0.1, -0.05) is 13.0 Å². The summed E-state index contributed by atoms with van der Waals surface area (Å²) in [7, 11) is -3.42. The number of benzene rings is 1. The third-order valence-electron chi connectivity index (χ3n) is 6.06. The Morgan fingerprint density at radius 3 is 2.25 bits per heavy atom. The van der Waals surface area contributed by atoms with Gasteiger partial charge in [-0.25, -0.2) is 21.5 Å². The van der Waals surface area contributed by atoms with E-state index in [2.05, 4.69) is 5.32 Å². The lowest BCUT2D eigenvalue weighted by molar-refractivity contribution is -0.148. The van der Waals surface area contributed by atoms with Crippen LogP contribution in [0.1, 0.15) is 36.5 Å². The van der Waals surface area contributed by atoms with Crippen LogP contribution in [0.4, 0.5) is 8.78 Å². The summed E-state index contributed by atoms with van der Waals surface area (Å²) < 4.78 is 59.6. The molecule has 0 aromatic heterocycles. The monoisotopic (exact) mass is 473 g/mol. The summed E-state index contributed by atoms with van der Waals surface area (Å²) in [4.78, 5) is 27.6. The van der Waals surface area contributed by atoms with Crippen LogP contribution in [-0.4, -0.2) is 81.1 Å². The molecule has 8 nitrogen and oxygen atoms in total. The molecule has 0 atom stereocenters. The Bertz CT molecular complexity index is 923. The largest absolute Gasteiger partial charge is 0.378 e. The summed E-state index contributed by atoms with van der Waals surface area (Å²) in [6, 6.07) is 3.14. The zero-order valence-corrected chi connectivity index (χ0v) is 18.9. The van der Waals surface area contributed by atoms with Gasteiger partial charge >= 0.3 is 0 Å². The zero-order valence-electron chi connectivity index (χ0n) is 18.1. The molecule has 32 heavy (non-hydrogen) atoms. The maximum atomic E-state index is 14.0. The first-order valence-electron chi connectivity index (χ1n) is 10.8. The van der Waals surface area contributed by atoms with Crippen molar-refractivity contribution in [2.24, 2.45) is 5.41 Å². The van der Waals surface area contributed by atoms with Crippen molar-refractivity contribution in [1.29, 1.82) is 0 Å². The number of sulfonamides is 1. The number of nitrogens with zero attached hydrogens (tertiary/aromatic N) is 2. The van der Waals surface area contributed by atoms with Crippen LogP contribution in [-0.2, 0) is 19.6 Å². The first kappa shape index (κ1) is 24.5. The first-order valence-corrected chi connectivity index (χ1v) is 12.4. The number of morpholine rings is 1. The summed E-state index contributed by atoms with van der Waals surface area (Å²) >= 11 is 0. The third-order valence-corrected chi connectivity index (χ3v) is 8.14. The summed E-state index contributed by atoms with van der Waals surface area (Å²) in [5.41, 5.74) is -1.77. The highest BCUT2D eigenvalue weighted by atomic mass is 32.2. The Hall–Kier alpha value is -2.11. The molecular weight excluding hydrogens is 444 g/mol. The Balaban J connectivity index is 1.79. The molecular formula is C21H29F2N3O5S. The average molecular weight is 474 g/mol. The molecule has 2 aliphatic heterocycles. The molecule has 0 radical (unpaired) electrons. The fourth-order valence-corrected chi connectivity index (χ4v) is 5.71. The Morgan fingerprint density at radius 1 is 1.09 bits per heavy atom. The molecule has 1 N–H and O–H groups in total. The fraction of sp³-hybridized carbons (Fsp3) is 0.619. The standard InChI is InChI=1S/C21H29F2N3O5S/c1-2-14-32(29,30)26-8-6-21(7-9-26,20(28)25-10-12-31-13-11-25)15-24-19(27)18-16(22)4-3-5-17(18)23/h3-5H,2,6-15H2,1H3,(H,24,27). The van der Waals surface area contributed by atoms with E-state index in [1.807, 2.05) is 0 Å². The lowest BCUT2D eigenvalue weighted by Gasteiger charge is -2.43. The average Bonchev–Trinajstić information content (AvgIpc) is 2.78. The number of hydrogen-bond acceptors (Lipinski definition) is 5. The second-order valence-corrected chi connectivity index (χ2v) is 10.3. The van der Waals surface area contributed by atoms with Gasteiger partial charge in [0.2, 0.25) is 15.9 Å². The Morgan fingerprint density at radius 2 is 1.69 bits per heavy atom. The first-order chi connectivity index (χ1) is 15.2.